The van der Waals surface area contributed by atoms with E-state index in [1.807, 2.05) is 79.7 Å². The summed E-state index contributed by atoms with van der Waals surface area (Å²) in [4.78, 5) is 15.6. The molecule has 0 radical (unpaired) electrons. The Hall–Kier alpha value is -3.15. The van der Waals surface area contributed by atoms with Crippen LogP contribution in [-0.4, -0.2) is 43.7 Å². The van der Waals surface area contributed by atoms with E-state index in [-0.39, 0.29) is 11.9 Å². The molecular weight excluding hydrogens is 400 g/mol. The minimum atomic E-state index is -0.248. The number of hydrogen-bond donors (Lipinski definition) is 1. The van der Waals surface area contributed by atoms with Crippen LogP contribution in [0, 0.1) is 0 Å². The van der Waals surface area contributed by atoms with Crippen molar-refractivity contribution in [1.82, 2.24) is 10.2 Å². The first-order valence-electron chi connectivity index (χ1n) is 11.2. The molecule has 1 heterocycles. The Kier molecular flexibility index (Phi) is 7.54. The van der Waals surface area contributed by atoms with Gasteiger partial charge in [-0.15, -0.1) is 0 Å². The lowest BCUT2D eigenvalue weighted by Gasteiger charge is -2.26. The van der Waals surface area contributed by atoms with E-state index in [1.54, 1.807) is 0 Å². The summed E-state index contributed by atoms with van der Waals surface area (Å²) < 4.78 is 11.0. The summed E-state index contributed by atoms with van der Waals surface area (Å²) in [6.07, 6.45) is 0. The molecule has 32 heavy (non-hydrogen) atoms. The van der Waals surface area contributed by atoms with Crippen molar-refractivity contribution in [1.29, 1.82) is 0 Å². The van der Waals surface area contributed by atoms with E-state index in [2.05, 4.69) is 16.3 Å². The summed E-state index contributed by atoms with van der Waals surface area (Å²) >= 11 is 0. The molecule has 1 fully saturated rings. The van der Waals surface area contributed by atoms with Crippen molar-refractivity contribution in [3.05, 3.63) is 101 Å². The van der Waals surface area contributed by atoms with Crippen LogP contribution >= 0.6 is 0 Å². The highest BCUT2D eigenvalue weighted by Gasteiger charge is 2.19. The summed E-state index contributed by atoms with van der Waals surface area (Å²) in [6, 6.07) is 25.6. The number of ether oxygens (including phenoxy) is 2. The molecule has 3 aromatic carbocycles. The van der Waals surface area contributed by atoms with Crippen molar-refractivity contribution in [3.8, 4) is 5.75 Å². The number of rotatable bonds is 8. The molecular formula is C27H30N2O3. The maximum absolute atomic E-state index is 13.2. The van der Waals surface area contributed by atoms with Crippen molar-refractivity contribution < 1.29 is 14.3 Å². The first-order valence-corrected chi connectivity index (χ1v) is 11.2. The molecule has 0 aliphatic carbocycles. The van der Waals surface area contributed by atoms with Gasteiger partial charge >= 0.3 is 0 Å². The lowest BCUT2D eigenvalue weighted by Crippen LogP contribution is -2.35. The van der Waals surface area contributed by atoms with E-state index in [9.17, 15) is 4.79 Å². The summed E-state index contributed by atoms with van der Waals surface area (Å²) in [5, 5.41) is 3.23. The Morgan fingerprint density at radius 2 is 1.69 bits per heavy atom. The van der Waals surface area contributed by atoms with Gasteiger partial charge in [0.15, 0.2) is 0 Å². The molecule has 166 valence electrons. The van der Waals surface area contributed by atoms with Crippen LogP contribution in [0.3, 0.4) is 0 Å². The van der Waals surface area contributed by atoms with Gasteiger partial charge in [0.25, 0.3) is 5.91 Å². The lowest BCUT2D eigenvalue weighted by atomic mass is 9.98. The lowest BCUT2D eigenvalue weighted by molar-refractivity contribution is 0.0342. The molecule has 0 spiro atoms. The Balaban J connectivity index is 1.53. The van der Waals surface area contributed by atoms with Crippen molar-refractivity contribution >= 4 is 5.91 Å². The Morgan fingerprint density at radius 1 is 0.969 bits per heavy atom. The highest BCUT2D eigenvalue weighted by atomic mass is 16.5. The Bertz CT molecular complexity index is 999. The van der Waals surface area contributed by atoms with Crippen LogP contribution < -0.4 is 10.1 Å². The molecule has 1 amide bonds. The fraction of sp³-hybridized carbons (Fsp3) is 0.296. The Labute approximate surface area is 190 Å². The number of amides is 1. The number of nitrogens with zero attached hydrogens (tertiary/aromatic N) is 1. The largest absolute Gasteiger partial charge is 0.494 e. The van der Waals surface area contributed by atoms with Crippen molar-refractivity contribution in [2.75, 3.05) is 32.9 Å². The average molecular weight is 431 g/mol. The fourth-order valence-corrected chi connectivity index (χ4v) is 3.97. The number of nitrogens with one attached hydrogen (secondary N) is 1. The van der Waals surface area contributed by atoms with Crippen LogP contribution in [0.25, 0.3) is 0 Å². The van der Waals surface area contributed by atoms with E-state index >= 15 is 0 Å². The van der Waals surface area contributed by atoms with Gasteiger partial charge in [0, 0.05) is 25.2 Å². The first kappa shape index (κ1) is 22.1. The van der Waals surface area contributed by atoms with Crippen LogP contribution in [0.2, 0.25) is 0 Å². The molecule has 0 bridgehead atoms. The van der Waals surface area contributed by atoms with Crippen LogP contribution in [0.4, 0.5) is 0 Å². The Morgan fingerprint density at radius 3 is 2.41 bits per heavy atom. The van der Waals surface area contributed by atoms with Gasteiger partial charge in [0.1, 0.15) is 5.75 Å². The fourth-order valence-electron chi connectivity index (χ4n) is 3.97. The zero-order valence-corrected chi connectivity index (χ0v) is 18.5. The molecule has 1 aliphatic rings. The van der Waals surface area contributed by atoms with Crippen LogP contribution in [0.5, 0.6) is 5.75 Å². The number of hydrogen-bond acceptors (Lipinski definition) is 4. The minimum absolute atomic E-state index is 0.0865. The number of benzene rings is 3. The summed E-state index contributed by atoms with van der Waals surface area (Å²) in [5.74, 6) is 0.738. The zero-order chi connectivity index (χ0) is 22.2. The number of morpholine rings is 1. The highest BCUT2D eigenvalue weighted by Crippen LogP contribution is 2.25. The van der Waals surface area contributed by atoms with E-state index in [1.165, 1.54) is 0 Å². The van der Waals surface area contributed by atoms with Crippen LogP contribution in [0.1, 0.15) is 40.0 Å². The molecule has 1 unspecified atom stereocenters. The van der Waals surface area contributed by atoms with Gasteiger partial charge in [0.2, 0.25) is 0 Å². The molecule has 5 heteroatoms. The van der Waals surface area contributed by atoms with Crippen molar-refractivity contribution in [3.63, 3.8) is 0 Å². The second-order valence-electron chi connectivity index (χ2n) is 7.91. The smallest absolute Gasteiger partial charge is 0.252 e. The number of carbonyl (C=O) groups is 1. The average Bonchev–Trinajstić information content (AvgIpc) is 2.84. The third kappa shape index (κ3) is 5.75. The summed E-state index contributed by atoms with van der Waals surface area (Å²) in [7, 11) is 0. The monoisotopic (exact) mass is 430 g/mol. The standard InChI is InChI=1S/C27H30N2O3/c1-2-32-25-13-11-23(12-14-25)26(22-8-4-3-5-9-22)28-27(30)24-10-6-7-21(19-24)20-29-15-17-31-18-16-29/h3-14,19,26H,2,15-18,20H2,1H3,(H,28,30). The van der Waals surface area contributed by atoms with E-state index in [0.29, 0.717) is 12.2 Å². The van der Waals surface area contributed by atoms with Gasteiger partial charge in [-0.25, -0.2) is 0 Å². The predicted octanol–water partition coefficient (Wildman–Crippen LogP) is 4.44. The predicted molar refractivity (Wildman–Crippen MR) is 126 cm³/mol. The quantitative estimate of drug-likeness (QED) is 0.574. The van der Waals surface area contributed by atoms with Crippen LogP contribution in [-0.2, 0) is 11.3 Å². The molecule has 0 saturated carbocycles. The topological polar surface area (TPSA) is 50.8 Å². The van der Waals surface area contributed by atoms with Gasteiger partial charge in [0.05, 0.1) is 25.9 Å². The molecule has 1 N–H and O–H groups in total. The summed E-state index contributed by atoms with van der Waals surface area (Å²) in [5.41, 5.74) is 3.85. The molecule has 1 aliphatic heterocycles. The molecule has 1 saturated heterocycles. The molecule has 0 aromatic heterocycles. The van der Waals surface area contributed by atoms with Gasteiger partial charge in [-0.1, -0.05) is 54.6 Å². The molecule has 1 atom stereocenters. The molecule has 4 rings (SSSR count). The van der Waals surface area contributed by atoms with Gasteiger partial charge in [-0.2, -0.15) is 0 Å². The second-order valence-corrected chi connectivity index (χ2v) is 7.91. The molecule has 3 aromatic rings. The van der Waals surface area contributed by atoms with E-state index in [4.69, 9.17) is 9.47 Å². The van der Waals surface area contributed by atoms with Gasteiger partial charge in [-0.3, -0.25) is 9.69 Å². The van der Waals surface area contributed by atoms with Crippen LogP contribution in [0.15, 0.2) is 78.9 Å². The van der Waals surface area contributed by atoms with Gasteiger partial charge in [-0.05, 0) is 47.9 Å². The zero-order valence-electron chi connectivity index (χ0n) is 18.5. The third-order valence-electron chi connectivity index (χ3n) is 5.63. The third-order valence-corrected chi connectivity index (χ3v) is 5.63. The SMILES string of the molecule is CCOc1ccc(C(NC(=O)c2cccc(CN3CCOCC3)c2)c2ccccc2)cc1. The normalized spacial score (nSPS) is 15.2. The van der Waals surface area contributed by atoms with E-state index < -0.39 is 0 Å². The summed E-state index contributed by atoms with van der Waals surface area (Å²) in [6.45, 7) is 6.79. The van der Waals surface area contributed by atoms with E-state index in [0.717, 1.165) is 55.3 Å². The maximum atomic E-state index is 13.2. The second kappa shape index (κ2) is 10.9. The van der Waals surface area contributed by atoms with Gasteiger partial charge < -0.3 is 14.8 Å². The first-order chi connectivity index (χ1) is 15.7. The molecule has 5 nitrogen and oxygen atoms in total. The van der Waals surface area contributed by atoms with Crippen molar-refractivity contribution in [2.24, 2.45) is 0 Å². The minimum Gasteiger partial charge on any atom is -0.494 e. The highest BCUT2D eigenvalue weighted by molar-refractivity contribution is 5.94. The maximum Gasteiger partial charge on any atom is 0.252 e. The number of carbonyl (C=O) groups excluding carboxylic acids is 1. The van der Waals surface area contributed by atoms with Crippen molar-refractivity contribution in [2.45, 2.75) is 19.5 Å².